The lowest BCUT2D eigenvalue weighted by Crippen LogP contribution is -2.35. The van der Waals surface area contributed by atoms with Crippen molar-refractivity contribution < 1.29 is 27.6 Å². The number of aliphatic imine (C=N–C) groups is 1. The molecule has 1 aromatic heterocycles. The maximum absolute atomic E-state index is 12.5. The molecule has 0 radical (unpaired) electrons. The van der Waals surface area contributed by atoms with Gasteiger partial charge in [0.15, 0.2) is 11.5 Å². The quantitative estimate of drug-likeness (QED) is 0.611. The largest absolute Gasteiger partial charge is 0.493 e. The normalized spacial score (nSPS) is 22.2. The molecule has 178 valence electrons. The van der Waals surface area contributed by atoms with Gasteiger partial charge in [-0.25, -0.2) is 0 Å². The van der Waals surface area contributed by atoms with Crippen LogP contribution in [-0.2, 0) is 22.9 Å². The van der Waals surface area contributed by atoms with Crippen LogP contribution in [0.1, 0.15) is 54.4 Å². The summed E-state index contributed by atoms with van der Waals surface area (Å²) in [6, 6.07) is 5.17. The molecule has 0 amide bonds. The van der Waals surface area contributed by atoms with E-state index in [9.17, 15) is 22.9 Å². The van der Waals surface area contributed by atoms with E-state index >= 15 is 0 Å². The van der Waals surface area contributed by atoms with Gasteiger partial charge in [-0.1, -0.05) is 0 Å². The molecule has 0 saturated heterocycles. The Hall–Kier alpha value is -2.69. The van der Waals surface area contributed by atoms with E-state index in [0.29, 0.717) is 48.6 Å². The summed E-state index contributed by atoms with van der Waals surface area (Å²) in [5.74, 6) is 0.355. The molecule has 2 N–H and O–H groups in total. The van der Waals surface area contributed by atoms with Crippen molar-refractivity contribution in [1.29, 1.82) is 0 Å². The summed E-state index contributed by atoms with van der Waals surface area (Å²) >= 11 is 0. The smallest absolute Gasteiger partial charge is 0.269 e. The van der Waals surface area contributed by atoms with Gasteiger partial charge in [0, 0.05) is 35.9 Å². The Balaban J connectivity index is 1.92. The highest BCUT2D eigenvalue weighted by atomic mass is 32.2. The number of hydrogen-bond donors (Lipinski definition) is 2. The number of aryl methyl sites for hydroxylation is 1. The van der Waals surface area contributed by atoms with Gasteiger partial charge in [-0.15, -0.1) is 0 Å². The van der Waals surface area contributed by atoms with Gasteiger partial charge >= 0.3 is 0 Å². The number of aliphatic hydroxyl groups is 1. The number of aliphatic hydroxyl groups excluding tert-OH is 1. The van der Waals surface area contributed by atoms with Crippen molar-refractivity contribution >= 4 is 15.8 Å². The third kappa shape index (κ3) is 4.68. The first-order valence-corrected chi connectivity index (χ1v) is 12.5. The van der Waals surface area contributed by atoms with Crippen molar-refractivity contribution in [2.45, 2.75) is 50.0 Å². The number of fused-ring (bicyclic) bond motifs is 3. The van der Waals surface area contributed by atoms with Gasteiger partial charge in [-0.05, 0) is 49.9 Å². The Morgan fingerprint density at radius 3 is 2.64 bits per heavy atom. The number of rotatable bonds is 6. The van der Waals surface area contributed by atoms with Crippen molar-refractivity contribution in [2.24, 2.45) is 12.0 Å². The molecule has 0 bridgehead atoms. The number of pyridine rings is 1. The van der Waals surface area contributed by atoms with Gasteiger partial charge in [0.25, 0.3) is 15.7 Å². The molecule has 9 nitrogen and oxygen atoms in total. The first-order valence-electron chi connectivity index (χ1n) is 10.9. The second-order valence-corrected chi connectivity index (χ2v) is 9.99. The highest BCUT2D eigenvalue weighted by Gasteiger charge is 2.37. The minimum absolute atomic E-state index is 0.00225. The summed E-state index contributed by atoms with van der Waals surface area (Å²) in [5.41, 5.74) is 2.38. The molecule has 33 heavy (non-hydrogen) atoms. The molecule has 2 aromatic rings. The fourth-order valence-electron chi connectivity index (χ4n) is 4.81. The Morgan fingerprint density at radius 1 is 1.21 bits per heavy atom. The number of methoxy groups -OCH3 is 1. The maximum atomic E-state index is 12.5. The molecule has 4 rings (SSSR count). The molecule has 1 aliphatic heterocycles. The molecular formula is C23H28N2O7S. The standard InChI is InChI=1S/C23H28N2O7S/c1-4-32-21-9-16-17-8-15(26)5-6-19(17)24-22(18(16)10-20(21)31-3)13-7-14(12-33(28,29)30)23(27)25(2)11-13/h7,9-11,15,17,19,26H,4-6,8,12H2,1-3H3,(H,28,29,30)/t15-,17-,19-/m1/s1. The summed E-state index contributed by atoms with van der Waals surface area (Å²) in [7, 11) is -1.31. The lowest BCUT2D eigenvalue weighted by atomic mass is 9.74. The van der Waals surface area contributed by atoms with Crippen LogP contribution in [0.5, 0.6) is 11.5 Å². The van der Waals surface area contributed by atoms with E-state index < -0.39 is 27.5 Å². The van der Waals surface area contributed by atoms with E-state index in [2.05, 4.69) is 0 Å². The van der Waals surface area contributed by atoms with Crippen LogP contribution < -0.4 is 15.0 Å². The molecule has 2 aliphatic rings. The van der Waals surface area contributed by atoms with Crippen LogP contribution in [-0.4, -0.2) is 54.2 Å². The molecular weight excluding hydrogens is 448 g/mol. The van der Waals surface area contributed by atoms with E-state index in [1.54, 1.807) is 13.3 Å². The van der Waals surface area contributed by atoms with Crippen LogP contribution in [0.25, 0.3) is 0 Å². The third-order valence-corrected chi connectivity index (χ3v) is 6.92. The lowest BCUT2D eigenvalue weighted by Gasteiger charge is -2.37. The second-order valence-electron chi connectivity index (χ2n) is 8.54. The number of hydrogen-bond acceptors (Lipinski definition) is 7. The number of benzene rings is 1. The molecule has 0 spiro atoms. The highest BCUT2D eigenvalue weighted by molar-refractivity contribution is 7.85. The first-order chi connectivity index (χ1) is 15.6. The molecule has 10 heteroatoms. The van der Waals surface area contributed by atoms with E-state index in [1.807, 2.05) is 19.1 Å². The van der Waals surface area contributed by atoms with Gasteiger partial charge < -0.3 is 19.1 Å². The van der Waals surface area contributed by atoms with E-state index in [-0.39, 0.29) is 17.5 Å². The zero-order chi connectivity index (χ0) is 23.9. The van der Waals surface area contributed by atoms with Crippen LogP contribution >= 0.6 is 0 Å². The minimum atomic E-state index is -4.39. The molecule has 1 aromatic carbocycles. The Labute approximate surface area is 192 Å². The molecule has 1 fully saturated rings. The summed E-state index contributed by atoms with van der Waals surface area (Å²) in [6.45, 7) is 2.35. The van der Waals surface area contributed by atoms with Gasteiger partial charge in [0.1, 0.15) is 5.75 Å². The average molecular weight is 477 g/mol. The predicted molar refractivity (Wildman–Crippen MR) is 123 cm³/mol. The predicted octanol–water partition coefficient (Wildman–Crippen LogP) is 2.03. The third-order valence-electron chi connectivity index (χ3n) is 6.24. The second kappa shape index (κ2) is 8.92. The van der Waals surface area contributed by atoms with Crippen molar-refractivity contribution in [3.8, 4) is 11.5 Å². The molecule has 1 aliphatic carbocycles. The highest BCUT2D eigenvalue weighted by Crippen LogP contribution is 2.45. The van der Waals surface area contributed by atoms with Gasteiger partial charge in [-0.2, -0.15) is 8.42 Å². The number of ether oxygens (including phenoxy) is 2. The van der Waals surface area contributed by atoms with E-state index in [1.165, 1.54) is 17.7 Å². The lowest BCUT2D eigenvalue weighted by molar-refractivity contribution is 0.111. The number of aromatic nitrogens is 1. The monoisotopic (exact) mass is 476 g/mol. The maximum Gasteiger partial charge on any atom is 0.269 e. The summed E-state index contributed by atoms with van der Waals surface area (Å²) < 4.78 is 44.9. The van der Waals surface area contributed by atoms with Crippen molar-refractivity contribution in [1.82, 2.24) is 4.57 Å². The SMILES string of the molecule is CCOc1cc2c(cc1OC)C(c1cc(CS(=O)(=O)O)c(=O)n(C)c1)=N[C@@H]1CC[C@@H](O)C[C@H]21. The minimum Gasteiger partial charge on any atom is -0.493 e. The summed E-state index contributed by atoms with van der Waals surface area (Å²) in [5, 5.41) is 10.3. The summed E-state index contributed by atoms with van der Waals surface area (Å²) in [6.07, 6.45) is 3.12. The topological polar surface area (TPSA) is 127 Å². The van der Waals surface area contributed by atoms with Crippen LogP contribution in [0.15, 0.2) is 34.2 Å². The molecule has 3 atom stereocenters. The Kier molecular flexibility index (Phi) is 6.35. The molecule has 0 unspecified atom stereocenters. The fourth-order valence-corrected chi connectivity index (χ4v) is 5.41. The number of nitrogens with zero attached hydrogens (tertiary/aromatic N) is 2. The van der Waals surface area contributed by atoms with Crippen molar-refractivity contribution in [3.63, 3.8) is 0 Å². The van der Waals surface area contributed by atoms with Gasteiger partial charge in [0.2, 0.25) is 0 Å². The van der Waals surface area contributed by atoms with Crippen LogP contribution in [0.4, 0.5) is 0 Å². The fraction of sp³-hybridized carbons (Fsp3) is 0.478. The van der Waals surface area contributed by atoms with Gasteiger partial charge in [0.05, 0.1) is 31.6 Å². The average Bonchev–Trinajstić information content (AvgIpc) is 2.75. The van der Waals surface area contributed by atoms with E-state index in [4.69, 9.17) is 14.5 Å². The zero-order valence-electron chi connectivity index (χ0n) is 18.8. The van der Waals surface area contributed by atoms with Crippen molar-refractivity contribution in [3.05, 3.63) is 57.0 Å². The zero-order valence-corrected chi connectivity index (χ0v) is 19.6. The first kappa shape index (κ1) is 23.5. The molecule has 2 heterocycles. The van der Waals surface area contributed by atoms with Crippen LogP contribution in [0.2, 0.25) is 0 Å². The van der Waals surface area contributed by atoms with E-state index in [0.717, 1.165) is 11.1 Å². The van der Waals surface area contributed by atoms with Crippen LogP contribution in [0.3, 0.4) is 0 Å². The molecule has 1 saturated carbocycles. The Morgan fingerprint density at radius 2 is 1.97 bits per heavy atom. The summed E-state index contributed by atoms with van der Waals surface area (Å²) in [4.78, 5) is 17.5. The van der Waals surface area contributed by atoms with Crippen molar-refractivity contribution in [2.75, 3.05) is 13.7 Å². The van der Waals surface area contributed by atoms with Gasteiger partial charge in [-0.3, -0.25) is 14.3 Å². The Bertz CT molecular complexity index is 1270. The van der Waals surface area contributed by atoms with Crippen LogP contribution in [0, 0.1) is 0 Å².